The summed E-state index contributed by atoms with van der Waals surface area (Å²) in [6.07, 6.45) is 0. The fraction of sp³-hybridized carbons (Fsp3) is 0.0118. The summed E-state index contributed by atoms with van der Waals surface area (Å²) in [4.78, 5) is 7.08. The molecule has 1 aromatic heterocycles. The highest BCUT2D eigenvalue weighted by Crippen LogP contribution is 2.64. The molecule has 418 valence electrons. The van der Waals surface area contributed by atoms with Gasteiger partial charge in [0.05, 0.1) is 44.5 Å². The molecule has 0 unspecified atom stereocenters. The minimum absolute atomic E-state index is 0.00833. The highest BCUT2D eigenvalue weighted by atomic mass is 15.2. The Morgan fingerprint density at radius 2 is 0.700 bits per heavy atom. The number of para-hydroxylation sites is 5. The van der Waals surface area contributed by atoms with Gasteiger partial charge in [-0.15, -0.1) is 0 Å². The Balaban J connectivity index is 0.976. The van der Waals surface area contributed by atoms with Gasteiger partial charge < -0.3 is 19.3 Å². The smallest absolute Gasteiger partial charge is 0.252 e. The maximum Gasteiger partial charge on any atom is 0.252 e. The number of hydrogen-bond donors (Lipinski definition) is 0. The van der Waals surface area contributed by atoms with Gasteiger partial charge in [-0.05, 0) is 168 Å². The SMILES string of the molecule is [2H]c1c([2H])c([2H])c2c(c1[2H])c1c([2H])c([2H])c([2H])c([2H])c1n2-c1cc2c3c(c1)N(c1ccc(-c4ccccc4)cc1)c1cc4c(cc1B3c1cc(-c3ccccc3)ccc1N2c1ccc(-c2ccccc2)cc1)C1(c2ccccc2-4)c2ccccc2N(c2ccccc2)c2ccccc21. The van der Waals surface area contributed by atoms with Gasteiger partial charge in [-0.3, -0.25) is 0 Å². The molecule has 19 rings (SSSR count). The van der Waals surface area contributed by atoms with E-state index in [9.17, 15) is 8.22 Å². The summed E-state index contributed by atoms with van der Waals surface area (Å²) in [6.45, 7) is -0.476. The molecule has 15 aromatic rings. The largest absolute Gasteiger partial charge is 0.311 e. The van der Waals surface area contributed by atoms with Gasteiger partial charge >= 0.3 is 0 Å². The van der Waals surface area contributed by atoms with Crippen LogP contribution in [0.4, 0.5) is 51.2 Å². The van der Waals surface area contributed by atoms with Crippen molar-refractivity contribution in [3.63, 3.8) is 0 Å². The molecule has 0 N–H and O–H groups in total. The van der Waals surface area contributed by atoms with Crippen LogP contribution in [0.25, 0.3) is 72.0 Å². The molecular weight excluding hydrogens is 1090 g/mol. The molecule has 0 bridgehead atoms. The van der Waals surface area contributed by atoms with Crippen LogP contribution in [0.2, 0.25) is 0 Å². The van der Waals surface area contributed by atoms with Gasteiger partial charge in [-0.2, -0.15) is 0 Å². The lowest BCUT2D eigenvalue weighted by Gasteiger charge is -2.46. The lowest BCUT2D eigenvalue weighted by atomic mass is 9.33. The van der Waals surface area contributed by atoms with Gasteiger partial charge in [0.25, 0.3) is 6.71 Å². The zero-order chi connectivity index (χ0) is 66.0. The van der Waals surface area contributed by atoms with Crippen molar-refractivity contribution < 1.29 is 11.0 Å². The van der Waals surface area contributed by atoms with E-state index in [1.807, 2.05) is 42.5 Å². The van der Waals surface area contributed by atoms with Crippen LogP contribution in [0.3, 0.4) is 0 Å². The number of aromatic nitrogens is 1. The number of fused-ring (bicyclic) bond motifs is 16. The lowest BCUT2D eigenvalue weighted by molar-refractivity contribution is 0.753. The molecule has 0 radical (unpaired) electrons. The normalized spacial score (nSPS) is 14.8. The molecule has 4 aliphatic rings. The molecular formula is C85H55BN4. The lowest BCUT2D eigenvalue weighted by Crippen LogP contribution is -2.61. The first-order valence-corrected chi connectivity index (χ1v) is 30.6. The van der Waals surface area contributed by atoms with Crippen LogP contribution in [0.1, 0.15) is 33.2 Å². The Labute approximate surface area is 535 Å². The molecule has 0 fully saturated rings. The first-order chi connectivity index (χ1) is 48.0. The minimum Gasteiger partial charge on any atom is -0.311 e. The van der Waals surface area contributed by atoms with Crippen LogP contribution in [-0.4, -0.2) is 11.3 Å². The molecule has 3 aliphatic heterocycles. The van der Waals surface area contributed by atoms with Gasteiger partial charge in [0.15, 0.2) is 0 Å². The van der Waals surface area contributed by atoms with Crippen molar-refractivity contribution >= 4 is 96.1 Å². The van der Waals surface area contributed by atoms with E-state index in [1.54, 1.807) is 4.57 Å². The summed E-state index contributed by atoms with van der Waals surface area (Å²) in [5, 5.41) is 0.0167. The number of benzene rings is 14. The Kier molecular flexibility index (Phi) is 9.41. The summed E-state index contributed by atoms with van der Waals surface area (Å²) in [6, 6.07) is 98.2. The van der Waals surface area contributed by atoms with E-state index < -0.39 is 48.4 Å². The van der Waals surface area contributed by atoms with Gasteiger partial charge in [-0.25, -0.2) is 0 Å². The summed E-state index contributed by atoms with van der Waals surface area (Å²) in [7, 11) is 0. The third-order valence-electron chi connectivity index (χ3n) is 19.2. The Morgan fingerprint density at radius 3 is 1.27 bits per heavy atom. The van der Waals surface area contributed by atoms with E-state index in [-0.39, 0.29) is 33.9 Å². The summed E-state index contributed by atoms with van der Waals surface area (Å²) < 4.78 is 77.1. The van der Waals surface area contributed by atoms with Crippen molar-refractivity contribution in [2.24, 2.45) is 0 Å². The fourth-order valence-corrected chi connectivity index (χ4v) is 15.5. The predicted molar refractivity (Wildman–Crippen MR) is 377 cm³/mol. The average molecular weight is 1150 g/mol. The monoisotopic (exact) mass is 1150 g/mol. The van der Waals surface area contributed by atoms with Crippen molar-refractivity contribution in [1.29, 1.82) is 0 Å². The first-order valence-electron chi connectivity index (χ1n) is 34.6. The molecule has 0 saturated heterocycles. The predicted octanol–water partition coefficient (Wildman–Crippen LogP) is 20.0. The van der Waals surface area contributed by atoms with Crippen molar-refractivity contribution in [2.45, 2.75) is 5.41 Å². The topological polar surface area (TPSA) is 14.7 Å². The quantitative estimate of drug-likeness (QED) is 0.148. The van der Waals surface area contributed by atoms with Crippen LogP contribution < -0.4 is 31.1 Å². The third kappa shape index (κ3) is 7.26. The van der Waals surface area contributed by atoms with E-state index in [0.717, 1.165) is 129 Å². The summed E-state index contributed by atoms with van der Waals surface area (Å²) in [5.74, 6) is 0. The highest BCUT2D eigenvalue weighted by Gasteiger charge is 2.54. The van der Waals surface area contributed by atoms with Gasteiger partial charge in [-0.1, -0.05) is 249 Å². The fourth-order valence-electron chi connectivity index (χ4n) is 15.5. The average Bonchev–Trinajstić information content (AvgIpc) is 1.40. The van der Waals surface area contributed by atoms with E-state index in [4.69, 9.17) is 2.74 Å². The summed E-state index contributed by atoms with van der Waals surface area (Å²) in [5.41, 5.74) is 24.2. The van der Waals surface area contributed by atoms with Gasteiger partial charge in [0.1, 0.15) is 0 Å². The van der Waals surface area contributed by atoms with Crippen molar-refractivity contribution in [1.82, 2.24) is 4.57 Å². The van der Waals surface area contributed by atoms with E-state index in [1.165, 1.54) is 5.56 Å². The maximum atomic E-state index is 9.85. The molecule has 5 heteroatoms. The molecule has 90 heavy (non-hydrogen) atoms. The van der Waals surface area contributed by atoms with Crippen molar-refractivity contribution in [2.75, 3.05) is 14.7 Å². The second-order valence-corrected chi connectivity index (χ2v) is 23.7. The van der Waals surface area contributed by atoms with Crippen LogP contribution in [0.5, 0.6) is 0 Å². The molecule has 0 atom stereocenters. The Bertz CT molecular complexity index is 5750. The number of hydrogen-bond acceptors (Lipinski definition) is 3. The molecule has 4 heterocycles. The second kappa shape index (κ2) is 19.7. The molecule has 14 aromatic carbocycles. The molecule has 0 saturated carbocycles. The van der Waals surface area contributed by atoms with Crippen LogP contribution in [0.15, 0.2) is 333 Å². The zero-order valence-electron chi connectivity index (χ0n) is 56.5. The van der Waals surface area contributed by atoms with Crippen molar-refractivity contribution in [3.05, 3.63) is 356 Å². The Morgan fingerprint density at radius 1 is 0.278 bits per heavy atom. The number of nitrogens with zero attached hydrogens (tertiary/aromatic N) is 4. The first kappa shape index (κ1) is 43.0. The molecule has 1 aliphatic carbocycles. The number of rotatable bonds is 7. The van der Waals surface area contributed by atoms with Gasteiger partial charge in [0.2, 0.25) is 0 Å². The Hall–Kier alpha value is -11.7. The van der Waals surface area contributed by atoms with Crippen LogP contribution >= 0.6 is 0 Å². The standard InChI is InChI=1S/C85H55BN4/c1-5-23-56(24-6-1)59-41-46-63(47-42-59)88-80-50-45-61(58-27-9-3-10-28-58)51-74(80)86-75-55-73-69(66-31-13-16-34-70(66)85(73)71-35-17-21-39-78(71)87(62-29-11-4-12-30-62)79-40-22-18-36-72(79)85)54-81(75)89(64-48-43-60(44-49-64)57-25-7-2-8-26-57)83-53-65(52-82(88)84(83)86)90-76-37-19-14-32-67(76)68-33-15-20-38-77(68)90/h1-55H/i14D,15D,19D,20D,32D,33D,37D,38D. The van der Waals surface area contributed by atoms with E-state index >= 15 is 0 Å². The van der Waals surface area contributed by atoms with Crippen molar-refractivity contribution in [3.8, 4) is 50.2 Å². The third-order valence-corrected chi connectivity index (χ3v) is 19.2. The van der Waals surface area contributed by atoms with Crippen LogP contribution in [0, 0.1) is 0 Å². The summed E-state index contributed by atoms with van der Waals surface area (Å²) >= 11 is 0. The van der Waals surface area contributed by atoms with Crippen LogP contribution in [-0.2, 0) is 5.41 Å². The maximum absolute atomic E-state index is 9.85. The highest BCUT2D eigenvalue weighted by molar-refractivity contribution is 7.00. The number of anilines is 9. The zero-order valence-corrected chi connectivity index (χ0v) is 48.5. The van der Waals surface area contributed by atoms with E-state index in [2.05, 4.69) is 257 Å². The second-order valence-electron chi connectivity index (χ2n) is 23.7. The molecule has 4 nitrogen and oxygen atoms in total. The minimum atomic E-state index is -0.818. The molecule has 0 amide bonds. The van der Waals surface area contributed by atoms with E-state index in [0.29, 0.717) is 5.69 Å². The molecule has 1 spiro atoms. The van der Waals surface area contributed by atoms with Gasteiger partial charge in [0, 0.05) is 50.6 Å².